The van der Waals surface area contributed by atoms with Gasteiger partial charge in [-0.1, -0.05) is 30.3 Å². The van der Waals surface area contributed by atoms with E-state index in [-0.39, 0.29) is 5.92 Å². The van der Waals surface area contributed by atoms with Crippen LogP contribution < -0.4 is 5.32 Å². The molecule has 1 aromatic carbocycles. The molecule has 0 aliphatic heterocycles. The van der Waals surface area contributed by atoms with Gasteiger partial charge in [0, 0.05) is 26.3 Å². The van der Waals surface area contributed by atoms with Gasteiger partial charge in [0.2, 0.25) is 0 Å². The van der Waals surface area contributed by atoms with Crippen molar-refractivity contribution in [1.29, 1.82) is 5.26 Å². The molecule has 0 aliphatic carbocycles. The summed E-state index contributed by atoms with van der Waals surface area (Å²) < 4.78 is 1.83. The highest BCUT2D eigenvalue weighted by molar-refractivity contribution is 5.25. The maximum atomic E-state index is 9.18. The van der Waals surface area contributed by atoms with Crippen molar-refractivity contribution in [3.63, 3.8) is 0 Å². The quantitative estimate of drug-likeness (QED) is 0.867. The molecule has 1 unspecified atom stereocenters. The van der Waals surface area contributed by atoms with Gasteiger partial charge in [-0.3, -0.25) is 4.68 Å². The van der Waals surface area contributed by atoms with Crippen molar-refractivity contribution in [2.75, 3.05) is 6.54 Å². The highest BCUT2D eigenvalue weighted by Gasteiger charge is 2.09. The van der Waals surface area contributed by atoms with Crippen LogP contribution in [0.25, 0.3) is 0 Å². The molecule has 2 rings (SSSR count). The van der Waals surface area contributed by atoms with Crippen molar-refractivity contribution in [2.24, 2.45) is 7.05 Å². The first-order valence-electron chi connectivity index (χ1n) is 5.93. The lowest BCUT2D eigenvalue weighted by Crippen LogP contribution is -2.21. The molecule has 0 aliphatic rings. The molecular weight excluding hydrogens is 224 g/mol. The Morgan fingerprint density at radius 3 is 2.72 bits per heavy atom. The average molecular weight is 240 g/mol. The Balaban J connectivity index is 1.89. The number of aromatic nitrogens is 2. The number of nitrogens with zero attached hydrogens (tertiary/aromatic N) is 3. The SMILES string of the molecule is Cn1nccc1CNCC(C#N)c1ccccc1. The van der Waals surface area contributed by atoms with Crippen molar-refractivity contribution < 1.29 is 0 Å². The Bertz CT molecular complexity index is 524. The van der Waals surface area contributed by atoms with Crippen LogP contribution in [0.4, 0.5) is 0 Å². The van der Waals surface area contributed by atoms with Crippen molar-refractivity contribution in [3.8, 4) is 6.07 Å². The van der Waals surface area contributed by atoms with Gasteiger partial charge in [-0.25, -0.2) is 0 Å². The Kier molecular flexibility index (Phi) is 4.11. The second-order valence-electron chi connectivity index (χ2n) is 4.17. The summed E-state index contributed by atoms with van der Waals surface area (Å²) in [4.78, 5) is 0. The van der Waals surface area contributed by atoms with Gasteiger partial charge < -0.3 is 5.32 Å². The topological polar surface area (TPSA) is 53.6 Å². The fourth-order valence-corrected chi connectivity index (χ4v) is 1.84. The summed E-state index contributed by atoms with van der Waals surface area (Å²) in [5, 5.41) is 16.6. The first-order chi connectivity index (χ1) is 8.81. The molecule has 1 N–H and O–H groups in total. The second-order valence-corrected chi connectivity index (χ2v) is 4.17. The fourth-order valence-electron chi connectivity index (χ4n) is 1.84. The minimum Gasteiger partial charge on any atom is -0.310 e. The lowest BCUT2D eigenvalue weighted by molar-refractivity contribution is 0.607. The van der Waals surface area contributed by atoms with E-state index in [9.17, 15) is 5.26 Å². The van der Waals surface area contributed by atoms with E-state index >= 15 is 0 Å². The molecule has 92 valence electrons. The highest BCUT2D eigenvalue weighted by Crippen LogP contribution is 2.13. The van der Waals surface area contributed by atoms with Gasteiger partial charge in [0.15, 0.2) is 0 Å². The monoisotopic (exact) mass is 240 g/mol. The van der Waals surface area contributed by atoms with Crippen LogP contribution in [-0.2, 0) is 13.6 Å². The van der Waals surface area contributed by atoms with E-state index in [1.165, 1.54) is 0 Å². The fraction of sp³-hybridized carbons (Fsp3) is 0.286. The number of benzene rings is 1. The summed E-state index contributed by atoms with van der Waals surface area (Å²) in [6, 6.07) is 14.1. The van der Waals surface area contributed by atoms with Crippen LogP contribution in [0, 0.1) is 11.3 Å². The zero-order chi connectivity index (χ0) is 12.8. The molecule has 0 amide bonds. The Morgan fingerprint density at radius 2 is 2.11 bits per heavy atom. The lowest BCUT2D eigenvalue weighted by Gasteiger charge is -2.10. The van der Waals surface area contributed by atoms with Crippen LogP contribution in [-0.4, -0.2) is 16.3 Å². The molecule has 4 nitrogen and oxygen atoms in total. The third-order valence-electron chi connectivity index (χ3n) is 2.93. The summed E-state index contributed by atoms with van der Waals surface area (Å²) in [7, 11) is 1.91. The first kappa shape index (κ1) is 12.3. The molecule has 0 fully saturated rings. The normalized spacial score (nSPS) is 12.0. The smallest absolute Gasteiger partial charge is 0.0837 e. The zero-order valence-electron chi connectivity index (χ0n) is 10.4. The van der Waals surface area contributed by atoms with Gasteiger partial charge >= 0.3 is 0 Å². The largest absolute Gasteiger partial charge is 0.310 e. The van der Waals surface area contributed by atoms with Crippen LogP contribution in [0.15, 0.2) is 42.6 Å². The van der Waals surface area contributed by atoms with E-state index in [0.717, 1.165) is 17.8 Å². The Hall–Kier alpha value is -2.12. The molecule has 0 bridgehead atoms. The van der Waals surface area contributed by atoms with Crippen LogP contribution in [0.2, 0.25) is 0 Å². The molecule has 18 heavy (non-hydrogen) atoms. The van der Waals surface area contributed by atoms with E-state index in [1.807, 2.05) is 48.1 Å². The van der Waals surface area contributed by atoms with Crippen LogP contribution in [0.5, 0.6) is 0 Å². The van der Waals surface area contributed by atoms with Crippen LogP contribution in [0.1, 0.15) is 17.2 Å². The van der Waals surface area contributed by atoms with Crippen molar-refractivity contribution in [1.82, 2.24) is 15.1 Å². The summed E-state index contributed by atoms with van der Waals surface area (Å²) in [6.45, 7) is 1.37. The van der Waals surface area contributed by atoms with E-state index in [2.05, 4.69) is 16.5 Å². The third kappa shape index (κ3) is 2.96. The minimum atomic E-state index is -0.112. The third-order valence-corrected chi connectivity index (χ3v) is 2.93. The molecule has 0 saturated heterocycles. The number of hydrogen-bond donors (Lipinski definition) is 1. The standard InChI is InChI=1S/C14H16N4/c1-18-14(7-8-17-18)11-16-10-13(9-15)12-5-3-2-4-6-12/h2-8,13,16H,10-11H2,1H3. The van der Waals surface area contributed by atoms with Gasteiger partial charge in [0.25, 0.3) is 0 Å². The molecule has 1 heterocycles. The number of rotatable bonds is 5. The van der Waals surface area contributed by atoms with Crippen LogP contribution in [0.3, 0.4) is 0 Å². The molecule has 0 radical (unpaired) electrons. The zero-order valence-corrected chi connectivity index (χ0v) is 10.4. The molecule has 1 aromatic heterocycles. The molecule has 0 spiro atoms. The average Bonchev–Trinajstić information content (AvgIpc) is 2.81. The molecular formula is C14H16N4. The minimum absolute atomic E-state index is 0.112. The summed E-state index contributed by atoms with van der Waals surface area (Å²) >= 11 is 0. The predicted molar refractivity (Wildman–Crippen MR) is 69.7 cm³/mol. The van der Waals surface area contributed by atoms with Gasteiger partial charge in [0.1, 0.15) is 0 Å². The second kappa shape index (κ2) is 5.99. The van der Waals surface area contributed by atoms with Gasteiger partial charge in [-0.2, -0.15) is 10.4 Å². The lowest BCUT2D eigenvalue weighted by atomic mass is 10.0. The van der Waals surface area contributed by atoms with E-state index in [0.29, 0.717) is 6.54 Å². The number of nitriles is 1. The summed E-state index contributed by atoms with van der Waals surface area (Å²) in [5.74, 6) is -0.112. The Morgan fingerprint density at radius 1 is 1.33 bits per heavy atom. The molecule has 1 atom stereocenters. The number of nitrogens with one attached hydrogen (secondary N) is 1. The highest BCUT2D eigenvalue weighted by atomic mass is 15.3. The molecule has 0 saturated carbocycles. The van der Waals surface area contributed by atoms with Gasteiger partial charge in [0.05, 0.1) is 17.7 Å². The van der Waals surface area contributed by atoms with E-state index < -0.39 is 0 Å². The summed E-state index contributed by atoms with van der Waals surface area (Å²) in [5.41, 5.74) is 2.16. The molecule has 4 heteroatoms. The van der Waals surface area contributed by atoms with Gasteiger partial charge in [-0.15, -0.1) is 0 Å². The van der Waals surface area contributed by atoms with Crippen LogP contribution >= 0.6 is 0 Å². The maximum absolute atomic E-state index is 9.18. The van der Waals surface area contributed by atoms with Crippen molar-refractivity contribution in [3.05, 3.63) is 53.9 Å². The summed E-state index contributed by atoms with van der Waals surface area (Å²) in [6.07, 6.45) is 1.77. The number of aryl methyl sites for hydroxylation is 1. The number of hydrogen-bond acceptors (Lipinski definition) is 3. The molecule has 2 aromatic rings. The van der Waals surface area contributed by atoms with Gasteiger partial charge in [-0.05, 0) is 11.6 Å². The first-order valence-corrected chi connectivity index (χ1v) is 5.93. The van der Waals surface area contributed by atoms with E-state index in [1.54, 1.807) is 6.20 Å². The Labute approximate surface area is 107 Å². The predicted octanol–water partition coefficient (Wildman–Crippen LogP) is 1.82. The van der Waals surface area contributed by atoms with Crippen molar-refractivity contribution >= 4 is 0 Å². The van der Waals surface area contributed by atoms with Crippen molar-refractivity contribution in [2.45, 2.75) is 12.5 Å². The maximum Gasteiger partial charge on any atom is 0.0837 e. The van der Waals surface area contributed by atoms with E-state index in [4.69, 9.17) is 0 Å².